The van der Waals surface area contributed by atoms with Crippen LogP contribution < -0.4 is 0 Å². The first-order chi connectivity index (χ1) is 4.72. The maximum atomic E-state index is 8.96. The zero-order valence-electron chi connectivity index (χ0n) is 6.03. The zero-order chi connectivity index (χ0) is 7.98. The minimum atomic E-state index is -1.05. The largest absolute Gasteiger partial charge is 0.394 e. The van der Waals surface area contributed by atoms with Crippen molar-refractivity contribution in [1.29, 1.82) is 0 Å². The molecular formula is C6H14O4. The van der Waals surface area contributed by atoms with Crippen LogP contribution in [0.25, 0.3) is 0 Å². The van der Waals surface area contributed by atoms with Crippen molar-refractivity contribution in [2.45, 2.75) is 18.6 Å². The van der Waals surface area contributed by atoms with Gasteiger partial charge in [0.1, 0.15) is 6.10 Å². The second-order valence-corrected chi connectivity index (χ2v) is 2.10. The summed E-state index contributed by atoms with van der Waals surface area (Å²) in [7, 11) is 1.51. The Kier molecular flexibility index (Phi) is 5.52. The van der Waals surface area contributed by atoms with E-state index in [2.05, 4.69) is 4.74 Å². The molecule has 0 aliphatic carbocycles. The van der Waals surface area contributed by atoms with E-state index in [1.807, 2.05) is 0 Å². The van der Waals surface area contributed by atoms with Crippen molar-refractivity contribution in [2.24, 2.45) is 0 Å². The average molecular weight is 150 g/mol. The summed E-state index contributed by atoms with van der Waals surface area (Å²) in [6, 6.07) is 0. The standard InChI is InChI=1S/C6H14O4/c1-10-3-2-5(8)6(9)4-7/h5-9H,2-4H2,1H3/t5-,6+/m0/s1. The Morgan fingerprint density at radius 1 is 1.30 bits per heavy atom. The molecule has 0 bridgehead atoms. The van der Waals surface area contributed by atoms with Crippen LogP contribution in [0.3, 0.4) is 0 Å². The van der Waals surface area contributed by atoms with Crippen molar-refractivity contribution >= 4 is 0 Å². The molecule has 62 valence electrons. The predicted octanol–water partition coefficient (Wildman–Crippen LogP) is -1.26. The number of aliphatic hydroxyl groups excluding tert-OH is 3. The third-order valence-corrected chi connectivity index (χ3v) is 1.25. The molecule has 0 aliphatic rings. The lowest BCUT2D eigenvalue weighted by atomic mass is 10.1. The molecule has 0 rings (SSSR count). The minimum absolute atomic E-state index is 0.345. The first-order valence-corrected chi connectivity index (χ1v) is 3.18. The summed E-state index contributed by atoms with van der Waals surface area (Å²) < 4.78 is 4.65. The SMILES string of the molecule is COCC[C@H](O)[C@H](O)CO. The normalized spacial score (nSPS) is 16.8. The van der Waals surface area contributed by atoms with Crippen LogP contribution in [0.4, 0.5) is 0 Å². The van der Waals surface area contributed by atoms with Crippen LogP contribution in [-0.4, -0.2) is 47.9 Å². The quantitative estimate of drug-likeness (QED) is 0.457. The van der Waals surface area contributed by atoms with Gasteiger partial charge in [0.2, 0.25) is 0 Å². The van der Waals surface area contributed by atoms with E-state index in [4.69, 9.17) is 15.3 Å². The molecule has 0 aromatic carbocycles. The third kappa shape index (κ3) is 3.79. The van der Waals surface area contributed by atoms with E-state index in [1.165, 1.54) is 7.11 Å². The van der Waals surface area contributed by atoms with Gasteiger partial charge in [-0.15, -0.1) is 0 Å². The fourth-order valence-electron chi connectivity index (χ4n) is 0.553. The Morgan fingerprint density at radius 2 is 1.90 bits per heavy atom. The van der Waals surface area contributed by atoms with Crippen LogP contribution >= 0.6 is 0 Å². The summed E-state index contributed by atoms with van der Waals surface area (Å²) in [6.45, 7) is -0.0247. The van der Waals surface area contributed by atoms with E-state index in [0.717, 1.165) is 0 Å². The van der Waals surface area contributed by atoms with Crippen LogP contribution in [0.2, 0.25) is 0 Å². The van der Waals surface area contributed by atoms with Gasteiger partial charge < -0.3 is 20.1 Å². The van der Waals surface area contributed by atoms with Crippen LogP contribution in [0.5, 0.6) is 0 Å². The number of methoxy groups -OCH3 is 1. The first-order valence-electron chi connectivity index (χ1n) is 3.18. The highest BCUT2D eigenvalue weighted by Crippen LogP contribution is 1.97. The van der Waals surface area contributed by atoms with Crippen molar-refractivity contribution < 1.29 is 20.1 Å². The molecule has 4 heteroatoms. The van der Waals surface area contributed by atoms with Crippen LogP contribution in [-0.2, 0) is 4.74 Å². The Hall–Kier alpha value is -0.160. The van der Waals surface area contributed by atoms with Gasteiger partial charge in [-0.25, -0.2) is 0 Å². The van der Waals surface area contributed by atoms with Crippen LogP contribution in [0.1, 0.15) is 6.42 Å². The van der Waals surface area contributed by atoms with E-state index in [0.29, 0.717) is 13.0 Å². The monoisotopic (exact) mass is 150 g/mol. The molecular weight excluding hydrogens is 136 g/mol. The highest BCUT2D eigenvalue weighted by atomic mass is 16.5. The average Bonchev–Trinajstić information content (AvgIpc) is 1.98. The molecule has 4 nitrogen and oxygen atoms in total. The second-order valence-electron chi connectivity index (χ2n) is 2.10. The number of rotatable bonds is 5. The van der Waals surface area contributed by atoms with Crippen molar-refractivity contribution in [1.82, 2.24) is 0 Å². The fourth-order valence-corrected chi connectivity index (χ4v) is 0.553. The molecule has 0 heterocycles. The van der Waals surface area contributed by atoms with Crippen molar-refractivity contribution in [3.8, 4) is 0 Å². The summed E-state index contributed by atoms with van der Waals surface area (Å²) >= 11 is 0. The van der Waals surface area contributed by atoms with E-state index < -0.39 is 18.8 Å². The van der Waals surface area contributed by atoms with Gasteiger partial charge in [-0.3, -0.25) is 0 Å². The van der Waals surface area contributed by atoms with E-state index in [1.54, 1.807) is 0 Å². The summed E-state index contributed by atoms with van der Waals surface area (Å²) in [5, 5.41) is 26.1. The Labute approximate surface area is 60.1 Å². The van der Waals surface area contributed by atoms with Gasteiger partial charge in [0.15, 0.2) is 0 Å². The lowest BCUT2D eigenvalue weighted by Crippen LogP contribution is -2.30. The second kappa shape index (κ2) is 5.61. The zero-order valence-corrected chi connectivity index (χ0v) is 6.03. The van der Waals surface area contributed by atoms with Crippen molar-refractivity contribution in [3.63, 3.8) is 0 Å². The van der Waals surface area contributed by atoms with Crippen molar-refractivity contribution in [3.05, 3.63) is 0 Å². The number of hydrogen-bond donors (Lipinski definition) is 3. The van der Waals surface area contributed by atoms with Crippen molar-refractivity contribution in [2.75, 3.05) is 20.3 Å². The molecule has 0 unspecified atom stereocenters. The lowest BCUT2D eigenvalue weighted by Gasteiger charge is -2.14. The topological polar surface area (TPSA) is 69.9 Å². The molecule has 0 amide bonds. The molecule has 3 N–H and O–H groups in total. The number of hydrogen-bond acceptors (Lipinski definition) is 4. The molecule has 0 aromatic heterocycles. The van der Waals surface area contributed by atoms with Gasteiger partial charge in [-0.1, -0.05) is 0 Å². The van der Waals surface area contributed by atoms with Crippen LogP contribution in [0.15, 0.2) is 0 Å². The molecule has 0 saturated heterocycles. The smallest absolute Gasteiger partial charge is 0.103 e. The van der Waals surface area contributed by atoms with E-state index in [-0.39, 0.29) is 0 Å². The maximum Gasteiger partial charge on any atom is 0.103 e. The number of ether oxygens (including phenoxy) is 1. The fraction of sp³-hybridized carbons (Fsp3) is 1.00. The van der Waals surface area contributed by atoms with Gasteiger partial charge in [0.05, 0.1) is 12.7 Å². The molecule has 0 saturated carbocycles. The molecule has 0 aromatic rings. The Balaban J connectivity index is 3.31. The summed E-state index contributed by atoms with van der Waals surface area (Å²) in [4.78, 5) is 0. The van der Waals surface area contributed by atoms with Gasteiger partial charge in [0.25, 0.3) is 0 Å². The summed E-state index contributed by atoms with van der Waals surface area (Å²) in [5.41, 5.74) is 0. The lowest BCUT2D eigenvalue weighted by molar-refractivity contribution is -0.0267. The highest BCUT2D eigenvalue weighted by Gasteiger charge is 2.13. The van der Waals surface area contributed by atoms with Gasteiger partial charge in [-0.05, 0) is 6.42 Å². The van der Waals surface area contributed by atoms with Gasteiger partial charge in [-0.2, -0.15) is 0 Å². The Morgan fingerprint density at radius 3 is 2.30 bits per heavy atom. The summed E-state index contributed by atoms with van der Waals surface area (Å²) in [5.74, 6) is 0. The minimum Gasteiger partial charge on any atom is -0.394 e. The molecule has 0 spiro atoms. The number of aliphatic hydroxyl groups is 3. The van der Waals surface area contributed by atoms with E-state index in [9.17, 15) is 0 Å². The van der Waals surface area contributed by atoms with Gasteiger partial charge in [0, 0.05) is 13.7 Å². The molecule has 2 atom stereocenters. The highest BCUT2D eigenvalue weighted by molar-refractivity contribution is 4.64. The molecule has 0 radical (unpaired) electrons. The molecule has 0 aliphatic heterocycles. The summed E-state index contributed by atoms with van der Waals surface area (Å²) in [6.07, 6.45) is -1.59. The Bertz CT molecular complexity index is 76.1. The third-order valence-electron chi connectivity index (χ3n) is 1.25. The molecule has 10 heavy (non-hydrogen) atoms. The van der Waals surface area contributed by atoms with Crippen LogP contribution in [0, 0.1) is 0 Å². The predicted molar refractivity (Wildman–Crippen MR) is 35.6 cm³/mol. The first kappa shape index (κ1) is 9.84. The van der Waals surface area contributed by atoms with Gasteiger partial charge >= 0.3 is 0 Å². The maximum absolute atomic E-state index is 8.96. The van der Waals surface area contributed by atoms with E-state index >= 15 is 0 Å². The molecule has 0 fully saturated rings.